The average Bonchev–Trinajstić information content (AvgIpc) is 2.91. The van der Waals surface area contributed by atoms with Crippen LogP contribution < -0.4 is 0 Å². The zero-order chi connectivity index (χ0) is 14.7. The second kappa shape index (κ2) is 6.73. The Morgan fingerprint density at radius 1 is 1.05 bits per heavy atom. The molecule has 3 nitrogen and oxygen atoms in total. The molecule has 20 heavy (non-hydrogen) atoms. The van der Waals surface area contributed by atoms with E-state index in [0.717, 1.165) is 38.5 Å². The van der Waals surface area contributed by atoms with Gasteiger partial charge in [-0.1, -0.05) is 40.0 Å². The van der Waals surface area contributed by atoms with Crippen molar-refractivity contribution in [1.29, 1.82) is 0 Å². The molecule has 3 atom stereocenters. The fourth-order valence-corrected chi connectivity index (χ4v) is 3.80. The lowest BCUT2D eigenvalue weighted by atomic mass is 9.75. The number of hydrogen-bond acceptors (Lipinski definition) is 3. The molecule has 0 spiro atoms. The Morgan fingerprint density at radius 3 is 2.30 bits per heavy atom. The number of ether oxygens (including phenoxy) is 1. The number of hydrogen-bond donors (Lipinski definition) is 0. The average molecular weight is 280 g/mol. The predicted octanol–water partition coefficient (Wildman–Crippen LogP) is 3.75. The van der Waals surface area contributed by atoms with Crippen LogP contribution in [0.1, 0.15) is 65.7 Å². The van der Waals surface area contributed by atoms with E-state index >= 15 is 0 Å². The quantitative estimate of drug-likeness (QED) is 0.582. The van der Waals surface area contributed by atoms with Crippen molar-refractivity contribution < 1.29 is 14.3 Å². The van der Waals surface area contributed by atoms with Crippen LogP contribution in [0.2, 0.25) is 0 Å². The molecule has 0 aliphatic heterocycles. The summed E-state index contributed by atoms with van der Waals surface area (Å²) in [4.78, 5) is 24.2. The minimum atomic E-state index is -0.568. The molecule has 2 rings (SSSR count). The van der Waals surface area contributed by atoms with Crippen LogP contribution in [0, 0.1) is 23.7 Å². The summed E-state index contributed by atoms with van der Waals surface area (Å²) in [5.74, 6) is 0.587. The Hall–Kier alpha value is -0.860. The van der Waals surface area contributed by atoms with Crippen molar-refractivity contribution in [3.05, 3.63) is 0 Å². The van der Waals surface area contributed by atoms with Crippen LogP contribution in [-0.4, -0.2) is 17.9 Å². The fraction of sp³-hybridized carbons (Fsp3) is 0.882. The Morgan fingerprint density at radius 2 is 1.70 bits per heavy atom. The molecule has 0 aromatic rings. The molecule has 2 aliphatic rings. The molecule has 3 heteroatoms. The fourth-order valence-electron chi connectivity index (χ4n) is 3.80. The molecule has 114 valence electrons. The number of esters is 1. The first-order chi connectivity index (χ1) is 9.49. The molecule has 0 unspecified atom stereocenters. The minimum absolute atomic E-state index is 0.0587. The van der Waals surface area contributed by atoms with Gasteiger partial charge in [-0.05, 0) is 43.4 Å². The number of ketones is 1. The molecule has 0 bridgehead atoms. The zero-order valence-corrected chi connectivity index (χ0v) is 13.1. The first-order valence-corrected chi connectivity index (χ1v) is 8.23. The molecule has 2 saturated carbocycles. The van der Waals surface area contributed by atoms with E-state index in [1.165, 1.54) is 6.42 Å². The summed E-state index contributed by atoms with van der Waals surface area (Å²) in [5, 5.41) is 0. The SMILES string of the molecule is CC(C)[C@@H]1CC[C@@H](C)C[C@@H]1OC(=O)C(=O)C1CCCC1. The van der Waals surface area contributed by atoms with Gasteiger partial charge in [0, 0.05) is 5.92 Å². The topological polar surface area (TPSA) is 43.4 Å². The largest absolute Gasteiger partial charge is 0.456 e. The van der Waals surface area contributed by atoms with Crippen LogP contribution in [0.3, 0.4) is 0 Å². The standard InChI is InChI=1S/C17H28O3/c1-11(2)14-9-8-12(3)10-15(14)20-17(19)16(18)13-6-4-5-7-13/h11-15H,4-10H2,1-3H3/t12-,14+,15+/m1/s1. The van der Waals surface area contributed by atoms with Crippen LogP contribution in [-0.2, 0) is 14.3 Å². The summed E-state index contributed by atoms with van der Waals surface area (Å²) in [7, 11) is 0. The Kier molecular flexibility index (Phi) is 5.22. The van der Waals surface area contributed by atoms with Crippen molar-refractivity contribution in [2.24, 2.45) is 23.7 Å². The van der Waals surface area contributed by atoms with Crippen LogP contribution in [0.25, 0.3) is 0 Å². The van der Waals surface area contributed by atoms with Gasteiger partial charge in [-0.3, -0.25) is 4.79 Å². The van der Waals surface area contributed by atoms with Crippen LogP contribution in [0.15, 0.2) is 0 Å². The highest BCUT2D eigenvalue weighted by Gasteiger charge is 2.36. The Labute approximate surface area is 122 Å². The van der Waals surface area contributed by atoms with Gasteiger partial charge >= 0.3 is 5.97 Å². The third-order valence-electron chi connectivity index (χ3n) is 5.15. The van der Waals surface area contributed by atoms with Crippen LogP contribution in [0.4, 0.5) is 0 Å². The lowest BCUT2D eigenvalue weighted by molar-refractivity contribution is -0.164. The van der Waals surface area contributed by atoms with E-state index in [1.807, 2.05) is 0 Å². The molecule has 2 aliphatic carbocycles. The third kappa shape index (κ3) is 3.62. The highest BCUT2D eigenvalue weighted by molar-refractivity contribution is 6.34. The van der Waals surface area contributed by atoms with Crippen molar-refractivity contribution in [3.63, 3.8) is 0 Å². The number of carbonyl (C=O) groups is 2. The van der Waals surface area contributed by atoms with Gasteiger partial charge < -0.3 is 4.74 Å². The van der Waals surface area contributed by atoms with E-state index in [2.05, 4.69) is 20.8 Å². The summed E-state index contributed by atoms with van der Waals surface area (Å²) < 4.78 is 5.62. The van der Waals surface area contributed by atoms with E-state index in [0.29, 0.717) is 17.8 Å². The summed E-state index contributed by atoms with van der Waals surface area (Å²) in [5.41, 5.74) is 0. The zero-order valence-electron chi connectivity index (χ0n) is 13.1. The molecule has 0 N–H and O–H groups in total. The van der Waals surface area contributed by atoms with Crippen molar-refractivity contribution in [3.8, 4) is 0 Å². The second-order valence-corrected chi connectivity index (χ2v) is 7.12. The van der Waals surface area contributed by atoms with Crippen LogP contribution >= 0.6 is 0 Å². The smallest absolute Gasteiger partial charge is 0.375 e. The summed E-state index contributed by atoms with van der Waals surface area (Å²) in [6.07, 6.45) is 7.02. The Balaban J connectivity index is 1.94. The second-order valence-electron chi connectivity index (χ2n) is 7.12. The molecular weight excluding hydrogens is 252 g/mol. The first-order valence-electron chi connectivity index (χ1n) is 8.23. The minimum Gasteiger partial charge on any atom is -0.456 e. The van der Waals surface area contributed by atoms with Gasteiger partial charge in [0.1, 0.15) is 6.10 Å². The van der Waals surface area contributed by atoms with E-state index in [1.54, 1.807) is 0 Å². The molecule has 2 fully saturated rings. The van der Waals surface area contributed by atoms with Gasteiger partial charge in [0.15, 0.2) is 0 Å². The van der Waals surface area contributed by atoms with E-state index in [-0.39, 0.29) is 17.8 Å². The summed E-state index contributed by atoms with van der Waals surface area (Å²) in [6.45, 7) is 6.57. The molecule has 0 heterocycles. The molecule has 0 saturated heterocycles. The normalized spacial score (nSPS) is 31.5. The maximum atomic E-state index is 12.1. The molecular formula is C17H28O3. The van der Waals surface area contributed by atoms with Crippen molar-refractivity contribution >= 4 is 11.8 Å². The highest BCUT2D eigenvalue weighted by Crippen LogP contribution is 2.35. The highest BCUT2D eigenvalue weighted by atomic mass is 16.5. The van der Waals surface area contributed by atoms with Crippen molar-refractivity contribution in [1.82, 2.24) is 0 Å². The molecule has 0 amide bonds. The predicted molar refractivity (Wildman–Crippen MR) is 78.2 cm³/mol. The monoisotopic (exact) mass is 280 g/mol. The van der Waals surface area contributed by atoms with Gasteiger partial charge in [-0.15, -0.1) is 0 Å². The number of rotatable bonds is 4. The molecule has 0 aromatic carbocycles. The van der Waals surface area contributed by atoms with Gasteiger partial charge in [-0.25, -0.2) is 4.79 Å². The molecule has 0 radical (unpaired) electrons. The van der Waals surface area contributed by atoms with Gasteiger partial charge in [0.05, 0.1) is 0 Å². The third-order valence-corrected chi connectivity index (χ3v) is 5.15. The van der Waals surface area contributed by atoms with E-state index < -0.39 is 5.97 Å². The lowest BCUT2D eigenvalue weighted by Gasteiger charge is -2.36. The van der Waals surface area contributed by atoms with Crippen LogP contribution in [0.5, 0.6) is 0 Å². The summed E-state index contributed by atoms with van der Waals surface area (Å²) in [6, 6.07) is 0. The number of carbonyl (C=O) groups excluding carboxylic acids is 2. The maximum Gasteiger partial charge on any atom is 0.375 e. The van der Waals surface area contributed by atoms with Gasteiger partial charge in [0.2, 0.25) is 5.78 Å². The van der Waals surface area contributed by atoms with E-state index in [4.69, 9.17) is 4.74 Å². The van der Waals surface area contributed by atoms with Crippen molar-refractivity contribution in [2.75, 3.05) is 0 Å². The summed E-state index contributed by atoms with van der Waals surface area (Å²) >= 11 is 0. The Bertz CT molecular complexity index is 355. The maximum absolute atomic E-state index is 12.1. The number of Topliss-reactive ketones (excluding diaryl/α,β-unsaturated/α-hetero) is 1. The van der Waals surface area contributed by atoms with Gasteiger partial charge in [-0.2, -0.15) is 0 Å². The van der Waals surface area contributed by atoms with E-state index in [9.17, 15) is 9.59 Å². The van der Waals surface area contributed by atoms with Crippen molar-refractivity contribution in [2.45, 2.75) is 71.8 Å². The molecule has 0 aromatic heterocycles. The first kappa shape index (κ1) is 15.5. The lowest BCUT2D eigenvalue weighted by Crippen LogP contribution is -2.38. The van der Waals surface area contributed by atoms with Gasteiger partial charge in [0.25, 0.3) is 0 Å².